The lowest BCUT2D eigenvalue weighted by molar-refractivity contribution is 0.340. The quantitative estimate of drug-likeness (QED) is 0.545. The van der Waals surface area contributed by atoms with E-state index in [4.69, 9.17) is 19.7 Å². The number of anilines is 1. The molecule has 2 heterocycles. The molecule has 0 spiro atoms. The maximum absolute atomic E-state index is 6.21. The summed E-state index contributed by atoms with van der Waals surface area (Å²) in [5.74, 6) is 2.43. The van der Waals surface area contributed by atoms with Crippen LogP contribution in [-0.4, -0.2) is 38.9 Å². The first-order valence-corrected chi connectivity index (χ1v) is 8.62. The summed E-state index contributed by atoms with van der Waals surface area (Å²) in [4.78, 5) is 4.38. The molecule has 2 aromatic carbocycles. The second-order valence-electron chi connectivity index (χ2n) is 5.81. The summed E-state index contributed by atoms with van der Waals surface area (Å²) in [5, 5.41) is 12.2. The van der Waals surface area contributed by atoms with E-state index in [2.05, 4.69) is 20.5 Å². The molecule has 4 aromatic rings. The Bertz CT molecular complexity index is 1070. The molecule has 4 rings (SSSR count). The average Bonchev–Trinajstić information content (AvgIpc) is 3.36. The Morgan fingerprint density at radius 2 is 1.75 bits per heavy atom. The predicted molar refractivity (Wildman–Crippen MR) is 102 cm³/mol. The van der Waals surface area contributed by atoms with Crippen molar-refractivity contribution in [3.8, 4) is 40.2 Å². The second kappa shape index (κ2) is 7.39. The fraction of sp³-hybridized carbons (Fsp3) is 0.158. The largest absolute Gasteiger partial charge is 0.497 e. The van der Waals surface area contributed by atoms with Crippen molar-refractivity contribution in [2.24, 2.45) is 0 Å². The molecule has 0 bridgehead atoms. The van der Waals surface area contributed by atoms with Crippen LogP contribution in [0.3, 0.4) is 0 Å². The molecule has 0 fully saturated rings. The first-order chi connectivity index (χ1) is 13.7. The van der Waals surface area contributed by atoms with Crippen molar-refractivity contribution < 1.29 is 14.0 Å². The summed E-state index contributed by atoms with van der Waals surface area (Å²) in [6.07, 6.45) is 0. The molecule has 0 unspecified atom stereocenters. The summed E-state index contributed by atoms with van der Waals surface area (Å²) in [6, 6.07) is 14.7. The van der Waals surface area contributed by atoms with Crippen LogP contribution in [0.5, 0.6) is 11.5 Å². The van der Waals surface area contributed by atoms with Gasteiger partial charge in [-0.3, -0.25) is 0 Å². The lowest BCUT2D eigenvalue weighted by Crippen LogP contribution is -2.02. The Morgan fingerprint density at radius 3 is 2.43 bits per heavy atom. The number of nitrogens with zero attached hydrogens (tertiary/aromatic N) is 5. The molecule has 142 valence electrons. The van der Waals surface area contributed by atoms with Gasteiger partial charge in [-0.25, -0.2) is 0 Å². The molecule has 0 amide bonds. The molecule has 0 saturated carbocycles. The summed E-state index contributed by atoms with van der Waals surface area (Å²) in [6.45, 7) is 2.53. The van der Waals surface area contributed by atoms with E-state index in [0.717, 1.165) is 22.7 Å². The van der Waals surface area contributed by atoms with Gasteiger partial charge in [0.1, 0.15) is 11.5 Å². The number of ether oxygens (including phenoxy) is 2. The number of rotatable bonds is 6. The molecule has 9 heteroatoms. The van der Waals surface area contributed by atoms with E-state index in [1.165, 1.54) is 4.68 Å². The number of nitrogen functional groups attached to an aromatic ring is 1. The zero-order chi connectivity index (χ0) is 19.5. The third-order valence-electron chi connectivity index (χ3n) is 4.07. The van der Waals surface area contributed by atoms with Crippen molar-refractivity contribution in [3.05, 3.63) is 48.5 Å². The Labute approximate surface area is 160 Å². The first-order valence-electron chi connectivity index (χ1n) is 8.62. The molecular weight excluding hydrogens is 360 g/mol. The number of hydrogen-bond donors (Lipinski definition) is 1. The molecule has 2 aromatic heterocycles. The molecule has 0 aliphatic rings. The minimum Gasteiger partial charge on any atom is -0.497 e. The van der Waals surface area contributed by atoms with Gasteiger partial charge in [0.2, 0.25) is 5.82 Å². The lowest BCUT2D eigenvalue weighted by atomic mass is 10.2. The SMILES string of the molecule is CCOc1ccc(-n2nnc(-c3nc(-c4ccc(OC)cc4)no3)c2N)cc1. The van der Waals surface area contributed by atoms with Crippen molar-refractivity contribution >= 4 is 5.82 Å². The number of aromatic nitrogens is 5. The molecule has 0 radical (unpaired) electrons. The van der Waals surface area contributed by atoms with Crippen molar-refractivity contribution in [2.45, 2.75) is 6.92 Å². The number of methoxy groups -OCH3 is 1. The second-order valence-corrected chi connectivity index (χ2v) is 5.81. The van der Waals surface area contributed by atoms with Crippen LogP contribution in [0.15, 0.2) is 53.1 Å². The van der Waals surface area contributed by atoms with Crippen molar-refractivity contribution in [1.82, 2.24) is 25.1 Å². The highest BCUT2D eigenvalue weighted by Crippen LogP contribution is 2.27. The lowest BCUT2D eigenvalue weighted by Gasteiger charge is -2.05. The highest BCUT2D eigenvalue weighted by molar-refractivity contribution is 5.66. The van der Waals surface area contributed by atoms with Gasteiger partial charge < -0.3 is 19.7 Å². The Balaban J connectivity index is 1.61. The molecule has 0 aliphatic heterocycles. The highest BCUT2D eigenvalue weighted by Gasteiger charge is 2.20. The van der Waals surface area contributed by atoms with Gasteiger partial charge in [0.25, 0.3) is 5.89 Å². The van der Waals surface area contributed by atoms with Crippen LogP contribution in [0.25, 0.3) is 28.7 Å². The van der Waals surface area contributed by atoms with Gasteiger partial charge in [-0.05, 0) is 55.5 Å². The summed E-state index contributed by atoms with van der Waals surface area (Å²) in [7, 11) is 1.61. The van der Waals surface area contributed by atoms with Crippen LogP contribution >= 0.6 is 0 Å². The molecule has 0 saturated heterocycles. The van der Waals surface area contributed by atoms with E-state index in [1.54, 1.807) is 7.11 Å². The van der Waals surface area contributed by atoms with Crippen molar-refractivity contribution in [1.29, 1.82) is 0 Å². The first kappa shape index (κ1) is 17.5. The van der Waals surface area contributed by atoms with Crippen molar-refractivity contribution in [2.75, 3.05) is 19.5 Å². The van der Waals surface area contributed by atoms with E-state index in [-0.39, 0.29) is 5.89 Å². The van der Waals surface area contributed by atoms with Gasteiger partial charge in [0.05, 0.1) is 19.4 Å². The molecule has 2 N–H and O–H groups in total. The summed E-state index contributed by atoms with van der Waals surface area (Å²) >= 11 is 0. The summed E-state index contributed by atoms with van der Waals surface area (Å²) in [5.41, 5.74) is 8.06. The van der Waals surface area contributed by atoms with Crippen LogP contribution in [0.4, 0.5) is 5.82 Å². The maximum atomic E-state index is 6.21. The van der Waals surface area contributed by atoms with Crippen LogP contribution in [0.2, 0.25) is 0 Å². The molecule has 0 atom stereocenters. The van der Waals surface area contributed by atoms with E-state index >= 15 is 0 Å². The maximum Gasteiger partial charge on any atom is 0.282 e. The van der Waals surface area contributed by atoms with Gasteiger partial charge in [-0.1, -0.05) is 10.4 Å². The number of hydrogen-bond acceptors (Lipinski definition) is 8. The van der Waals surface area contributed by atoms with E-state index in [9.17, 15) is 0 Å². The zero-order valence-corrected chi connectivity index (χ0v) is 15.4. The fourth-order valence-corrected chi connectivity index (χ4v) is 2.66. The number of nitrogens with two attached hydrogens (primary N) is 1. The Kier molecular flexibility index (Phi) is 4.63. The Hall–Kier alpha value is -3.88. The molecule has 9 nitrogen and oxygen atoms in total. The third-order valence-corrected chi connectivity index (χ3v) is 4.07. The third kappa shape index (κ3) is 3.25. The van der Waals surface area contributed by atoms with Gasteiger partial charge >= 0.3 is 0 Å². The Morgan fingerprint density at radius 1 is 1.04 bits per heavy atom. The zero-order valence-electron chi connectivity index (χ0n) is 15.4. The topological polar surface area (TPSA) is 114 Å². The van der Waals surface area contributed by atoms with E-state index in [0.29, 0.717) is 23.9 Å². The molecule has 28 heavy (non-hydrogen) atoms. The summed E-state index contributed by atoms with van der Waals surface area (Å²) < 4.78 is 17.4. The number of benzene rings is 2. The highest BCUT2D eigenvalue weighted by atomic mass is 16.5. The van der Waals surface area contributed by atoms with Gasteiger partial charge in [-0.2, -0.15) is 9.67 Å². The standard InChI is InChI=1S/C19H18N6O3/c1-3-27-15-10-6-13(7-11-15)25-17(20)16(22-24-25)19-21-18(23-28-19)12-4-8-14(26-2)9-5-12/h4-11H,3,20H2,1-2H3. The monoisotopic (exact) mass is 378 g/mol. The molecular formula is C19H18N6O3. The van der Waals surface area contributed by atoms with Crippen molar-refractivity contribution in [3.63, 3.8) is 0 Å². The van der Waals surface area contributed by atoms with Crippen LogP contribution in [0, 0.1) is 0 Å². The fourth-order valence-electron chi connectivity index (χ4n) is 2.66. The minimum absolute atomic E-state index is 0.195. The smallest absolute Gasteiger partial charge is 0.282 e. The van der Waals surface area contributed by atoms with Gasteiger partial charge in [0, 0.05) is 5.56 Å². The van der Waals surface area contributed by atoms with E-state index in [1.807, 2.05) is 55.5 Å². The van der Waals surface area contributed by atoms with Crippen LogP contribution < -0.4 is 15.2 Å². The average molecular weight is 378 g/mol. The predicted octanol–water partition coefficient (Wildman–Crippen LogP) is 2.97. The van der Waals surface area contributed by atoms with Gasteiger partial charge in [-0.15, -0.1) is 5.10 Å². The molecule has 0 aliphatic carbocycles. The van der Waals surface area contributed by atoms with Crippen LogP contribution in [-0.2, 0) is 0 Å². The van der Waals surface area contributed by atoms with Gasteiger partial charge in [0.15, 0.2) is 11.5 Å². The minimum atomic E-state index is 0.195. The van der Waals surface area contributed by atoms with Crippen LogP contribution in [0.1, 0.15) is 6.92 Å². The van der Waals surface area contributed by atoms with E-state index < -0.39 is 0 Å². The normalized spacial score (nSPS) is 10.8.